The Morgan fingerprint density at radius 1 is 0.714 bits per heavy atom. The molecule has 2 aromatic carbocycles. The SMILES string of the molecule is O=C(O)c1ccccc1[O-].O=C(O)c1ccccc1[O-].[Fe+2]. The number of carbonyl (C=O) groups is 2. The van der Waals surface area contributed by atoms with Gasteiger partial charge in [-0.15, -0.1) is 0 Å². The van der Waals surface area contributed by atoms with Crippen LogP contribution in [0.25, 0.3) is 0 Å². The number of para-hydroxylation sites is 2. The molecule has 7 heteroatoms. The average molecular weight is 330 g/mol. The monoisotopic (exact) mass is 330 g/mol. The molecule has 0 unspecified atom stereocenters. The molecule has 6 nitrogen and oxygen atoms in total. The van der Waals surface area contributed by atoms with Crippen LogP contribution in [0.15, 0.2) is 48.5 Å². The van der Waals surface area contributed by atoms with Crippen molar-refractivity contribution < 1.29 is 47.1 Å². The summed E-state index contributed by atoms with van der Waals surface area (Å²) in [4.78, 5) is 20.4. The van der Waals surface area contributed by atoms with Crippen LogP contribution < -0.4 is 10.2 Å². The molecule has 2 aromatic rings. The van der Waals surface area contributed by atoms with E-state index < -0.39 is 23.4 Å². The van der Waals surface area contributed by atoms with Gasteiger partial charge in [0.25, 0.3) is 0 Å². The summed E-state index contributed by atoms with van der Waals surface area (Å²) in [6, 6.07) is 11.1. The average Bonchev–Trinajstić information content (AvgIpc) is 2.40. The zero-order chi connectivity index (χ0) is 15.1. The van der Waals surface area contributed by atoms with E-state index >= 15 is 0 Å². The predicted octanol–water partition coefficient (Wildman–Crippen LogP) is 0.914. The van der Waals surface area contributed by atoms with Crippen LogP contribution in [0.2, 0.25) is 0 Å². The van der Waals surface area contributed by atoms with E-state index in [-0.39, 0.29) is 28.2 Å². The summed E-state index contributed by atoms with van der Waals surface area (Å²) in [6.45, 7) is 0. The Morgan fingerprint density at radius 3 is 1.19 bits per heavy atom. The van der Waals surface area contributed by atoms with Crippen molar-refractivity contribution in [3.05, 3.63) is 59.7 Å². The van der Waals surface area contributed by atoms with Crippen LogP contribution in [0, 0.1) is 0 Å². The number of carboxylic acid groups (broad SMARTS) is 2. The van der Waals surface area contributed by atoms with Crippen LogP contribution in [0.1, 0.15) is 20.7 Å². The van der Waals surface area contributed by atoms with Crippen molar-refractivity contribution in [1.82, 2.24) is 0 Å². The first-order valence-corrected chi connectivity index (χ1v) is 5.42. The molecule has 2 rings (SSSR count). The van der Waals surface area contributed by atoms with Gasteiger partial charge in [0.1, 0.15) is 0 Å². The van der Waals surface area contributed by atoms with Gasteiger partial charge in [-0.3, -0.25) is 0 Å². The molecule has 0 aliphatic carbocycles. The molecule has 0 saturated carbocycles. The van der Waals surface area contributed by atoms with Crippen LogP contribution in [0.3, 0.4) is 0 Å². The van der Waals surface area contributed by atoms with E-state index in [4.69, 9.17) is 10.2 Å². The molecule has 0 aliphatic rings. The molecule has 0 atom stereocenters. The molecule has 0 aromatic heterocycles. The Hall–Kier alpha value is -2.50. The molecule has 110 valence electrons. The predicted molar refractivity (Wildman–Crippen MR) is 65.7 cm³/mol. The minimum Gasteiger partial charge on any atom is -0.872 e. The van der Waals surface area contributed by atoms with E-state index in [0.29, 0.717) is 0 Å². The molecular formula is C14H10FeO6. The van der Waals surface area contributed by atoms with Crippen LogP contribution in [0.5, 0.6) is 11.5 Å². The van der Waals surface area contributed by atoms with Crippen LogP contribution in [-0.4, -0.2) is 22.2 Å². The Labute approximate surface area is 130 Å². The fraction of sp³-hybridized carbons (Fsp3) is 0. The molecule has 0 aliphatic heterocycles. The van der Waals surface area contributed by atoms with Crippen molar-refractivity contribution in [2.45, 2.75) is 0 Å². The van der Waals surface area contributed by atoms with Crippen LogP contribution >= 0.6 is 0 Å². The molecule has 0 fully saturated rings. The zero-order valence-electron chi connectivity index (χ0n) is 10.5. The van der Waals surface area contributed by atoms with E-state index in [1.165, 1.54) is 48.5 Å². The summed E-state index contributed by atoms with van der Waals surface area (Å²) in [5, 5.41) is 38.1. The van der Waals surface area contributed by atoms with Gasteiger partial charge in [-0.2, -0.15) is 0 Å². The first kappa shape index (κ1) is 18.5. The van der Waals surface area contributed by atoms with E-state index in [1.54, 1.807) is 0 Å². The fourth-order valence-electron chi connectivity index (χ4n) is 1.29. The molecule has 0 saturated heterocycles. The minimum absolute atomic E-state index is 0. The summed E-state index contributed by atoms with van der Waals surface area (Å²) in [7, 11) is 0. The maximum Gasteiger partial charge on any atom is 2.00 e. The van der Waals surface area contributed by atoms with Gasteiger partial charge in [-0.05, 0) is 12.1 Å². The van der Waals surface area contributed by atoms with Gasteiger partial charge in [0.15, 0.2) is 0 Å². The van der Waals surface area contributed by atoms with Crippen LogP contribution in [-0.2, 0) is 17.1 Å². The van der Waals surface area contributed by atoms with E-state index in [9.17, 15) is 19.8 Å². The summed E-state index contributed by atoms with van der Waals surface area (Å²) in [5.41, 5.74) is -0.356. The Morgan fingerprint density at radius 2 is 1.00 bits per heavy atom. The summed E-state index contributed by atoms with van der Waals surface area (Å²) < 4.78 is 0. The third kappa shape index (κ3) is 5.56. The Balaban J connectivity index is 0.000000364. The molecule has 0 spiro atoms. The third-order valence-corrected chi connectivity index (χ3v) is 2.23. The van der Waals surface area contributed by atoms with E-state index in [1.807, 2.05) is 0 Å². The van der Waals surface area contributed by atoms with Crippen molar-refractivity contribution in [3.8, 4) is 11.5 Å². The van der Waals surface area contributed by atoms with Crippen molar-refractivity contribution in [3.63, 3.8) is 0 Å². The van der Waals surface area contributed by atoms with Gasteiger partial charge in [-0.25, -0.2) is 9.59 Å². The van der Waals surface area contributed by atoms with Crippen molar-refractivity contribution in [2.24, 2.45) is 0 Å². The zero-order valence-corrected chi connectivity index (χ0v) is 11.6. The second-order valence-corrected chi connectivity index (χ2v) is 3.60. The quantitative estimate of drug-likeness (QED) is 0.790. The van der Waals surface area contributed by atoms with Crippen molar-refractivity contribution >= 4 is 11.9 Å². The van der Waals surface area contributed by atoms with Gasteiger partial charge >= 0.3 is 29.0 Å². The van der Waals surface area contributed by atoms with Crippen LogP contribution in [0.4, 0.5) is 0 Å². The topological polar surface area (TPSA) is 121 Å². The molecule has 0 radical (unpaired) electrons. The molecule has 0 amide bonds. The number of rotatable bonds is 2. The Bertz CT molecular complexity index is 571. The number of hydrogen-bond donors (Lipinski definition) is 2. The number of aromatic carboxylic acids is 2. The van der Waals surface area contributed by atoms with E-state index in [0.717, 1.165) is 0 Å². The van der Waals surface area contributed by atoms with Gasteiger partial charge in [0, 0.05) is 0 Å². The summed E-state index contributed by atoms with van der Waals surface area (Å²) >= 11 is 0. The largest absolute Gasteiger partial charge is 2.00 e. The second kappa shape index (κ2) is 8.63. The minimum atomic E-state index is -1.18. The first-order valence-electron chi connectivity index (χ1n) is 5.42. The van der Waals surface area contributed by atoms with Gasteiger partial charge in [-0.1, -0.05) is 47.9 Å². The summed E-state index contributed by atoms with van der Waals surface area (Å²) in [6.07, 6.45) is 0. The normalized spacial score (nSPS) is 8.76. The second-order valence-electron chi connectivity index (χ2n) is 3.60. The molecular weight excluding hydrogens is 320 g/mol. The number of benzene rings is 2. The first-order chi connectivity index (χ1) is 9.43. The maximum atomic E-state index is 10.7. The smallest absolute Gasteiger partial charge is 0.872 e. The van der Waals surface area contributed by atoms with Gasteiger partial charge < -0.3 is 20.4 Å². The fourth-order valence-corrected chi connectivity index (χ4v) is 1.29. The van der Waals surface area contributed by atoms with Gasteiger partial charge in [0.2, 0.25) is 0 Å². The van der Waals surface area contributed by atoms with Crippen molar-refractivity contribution in [2.75, 3.05) is 0 Å². The van der Waals surface area contributed by atoms with E-state index in [2.05, 4.69) is 0 Å². The van der Waals surface area contributed by atoms with Gasteiger partial charge in [0.05, 0.1) is 11.1 Å². The third-order valence-electron chi connectivity index (χ3n) is 2.23. The molecule has 0 bridgehead atoms. The molecule has 21 heavy (non-hydrogen) atoms. The summed E-state index contributed by atoms with van der Waals surface area (Å²) in [5.74, 6) is -3.25. The number of carboxylic acids is 2. The maximum absolute atomic E-state index is 10.7. The number of hydrogen-bond acceptors (Lipinski definition) is 4. The molecule has 0 heterocycles. The Kier molecular flexibility index (Phi) is 7.60. The standard InChI is InChI=1S/2C7H6O3.Fe/c2*8-6-4-2-1-3-5(6)7(9)10;/h2*1-4,8H,(H,9,10);/q;;+2/p-2. The van der Waals surface area contributed by atoms with Crippen molar-refractivity contribution in [1.29, 1.82) is 0 Å². The molecule has 2 N–H and O–H groups in total.